The summed E-state index contributed by atoms with van der Waals surface area (Å²) in [5, 5.41) is 0. The highest BCUT2D eigenvalue weighted by Crippen LogP contribution is 2.27. The van der Waals surface area contributed by atoms with Crippen molar-refractivity contribution >= 4 is 5.91 Å². The zero-order valence-corrected chi connectivity index (χ0v) is 12.2. The fraction of sp³-hybridized carbons (Fsp3) is 0.375. The number of hydrogen-bond acceptors (Lipinski definition) is 2. The number of aromatic nitrogens is 2. The van der Waals surface area contributed by atoms with Gasteiger partial charge in [-0.2, -0.15) is 0 Å². The van der Waals surface area contributed by atoms with Crippen LogP contribution in [0.1, 0.15) is 47.8 Å². The van der Waals surface area contributed by atoms with E-state index in [-0.39, 0.29) is 11.3 Å². The quantitative estimate of drug-likeness (QED) is 0.783. The minimum absolute atomic E-state index is 0.0204. The van der Waals surface area contributed by atoms with Crippen LogP contribution in [0.5, 0.6) is 0 Å². The maximum absolute atomic E-state index is 12.4. The standard InChI is InChI=1S/C16H20N2O/c1-11-8-13(16(3,4)5)9-12(2)14(11)15(19)18-7-6-17-10-18/h6-10H,1-5H3. The van der Waals surface area contributed by atoms with Gasteiger partial charge in [0.05, 0.1) is 0 Å². The summed E-state index contributed by atoms with van der Waals surface area (Å²) in [6, 6.07) is 4.22. The Morgan fingerprint density at radius 1 is 1.16 bits per heavy atom. The van der Waals surface area contributed by atoms with Gasteiger partial charge in [0, 0.05) is 18.0 Å². The van der Waals surface area contributed by atoms with Crippen molar-refractivity contribution in [2.24, 2.45) is 0 Å². The summed E-state index contributed by atoms with van der Waals surface area (Å²) in [5.41, 5.74) is 4.15. The molecule has 0 spiro atoms. The van der Waals surface area contributed by atoms with Crippen LogP contribution < -0.4 is 0 Å². The van der Waals surface area contributed by atoms with Gasteiger partial charge in [0.15, 0.2) is 0 Å². The predicted molar refractivity (Wildman–Crippen MR) is 76.6 cm³/mol. The highest BCUT2D eigenvalue weighted by Gasteiger charge is 2.19. The average molecular weight is 256 g/mol. The molecule has 3 heteroatoms. The highest BCUT2D eigenvalue weighted by molar-refractivity contribution is 5.98. The van der Waals surface area contributed by atoms with Crippen molar-refractivity contribution < 1.29 is 4.79 Å². The van der Waals surface area contributed by atoms with Crippen molar-refractivity contribution in [1.29, 1.82) is 0 Å². The van der Waals surface area contributed by atoms with Crippen LogP contribution in [0.15, 0.2) is 30.9 Å². The van der Waals surface area contributed by atoms with Gasteiger partial charge in [-0.15, -0.1) is 0 Å². The van der Waals surface area contributed by atoms with Crippen LogP contribution in [0.3, 0.4) is 0 Å². The summed E-state index contributed by atoms with van der Waals surface area (Å²) in [6.45, 7) is 10.5. The van der Waals surface area contributed by atoms with E-state index < -0.39 is 0 Å². The third-order valence-electron chi connectivity index (χ3n) is 3.35. The molecule has 3 nitrogen and oxygen atoms in total. The van der Waals surface area contributed by atoms with Crippen LogP contribution in [0.25, 0.3) is 0 Å². The highest BCUT2D eigenvalue weighted by atomic mass is 16.2. The summed E-state index contributed by atoms with van der Waals surface area (Å²) in [6.07, 6.45) is 4.84. The molecular weight excluding hydrogens is 236 g/mol. The van der Waals surface area contributed by atoms with Gasteiger partial charge in [-0.05, 0) is 36.0 Å². The number of benzene rings is 1. The molecule has 0 N–H and O–H groups in total. The Bertz CT molecular complexity index is 581. The van der Waals surface area contributed by atoms with Crippen LogP contribution in [-0.4, -0.2) is 15.5 Å². The van der Waals surface area contributed by atoms with Crippen molar-refractivity contribution in [3.63, 3.8) is 0 Å². The van der Waals surface area contributed by atoms with E-state index in [1.54, 1.807) is 18.7 Å². The molecule has 1 aromatic heterocycles. The Morgan fingerprint density at radius 3 is 2.16 bits per heavy atom. The summed E-state index contributed by atoms with van der Waals surface area (Å²) in [4.78, 5) is 16.4. The second-order valence-electron chi connectivity index (χ2n) is 6.01. The second-order valence-corrected chi connectivity index (χ2v) is 6.01. The molecule has 1 heterocycles. The molecule has 2 rings (SSSR count). The Morgan fingerprint density at radius 2 is 1.74 bits per heavy atom. The summed E-state index contributed by atoms with van der Waals surface area (Å²) >= 11 is 0. The molecule has 0 bridgehead atoms. The SMILES string of the molecule is Cc1cc(C(C)(C)C)cc(C)c1C(=O)n1ccnc1. The Hall–Kier alpha value is -1.90. The molecule has 100 valence electrons. The molecule has 2 aromatic rings. The molecule has 0 aliphatic carbocycles. The summed E-state index contributed by atoms with van der Waals surface area (Å²) in [5.74, 6) is -0.0204. The zero-order chi connectivity index (χ0) is 14.2. The molecule has 1 aromatic carbocycles. The van der Waals surface area contributed by atoms with Gasteiger partial charge >= 0.3 is 0 Å². The molecule has 0 atom stereocenters. The van der Waals surface area contributed by atoms with E-state index in [0.717, 1.165) is 16.7 Å². The molecule has 0 radical (unpaired) electrons. The van der Waals surface area contributed by atoms with E-state index in [4.69, 9.17) is 0 Å². The van der Waals surface area contributed by atoms with Crippen molar-refractivity contribution in [1.82, 2.24) is 9.55 Å². The van der Waals surface area contributed by atoms with Crippen molar-refractivity contribution in [3.05, 3.63) is 53.1 Å². The lowest BCUT2D eigenvalue weighted by atomic mass is 9.83. The summed E-state index contributed by atoms with van der Waals surface area (Å²) < 4.78 is 1.52. The van der Waals surface area contributed by atoms with Gasteiger partial charge in [0.25, 0.3) is 5.91 Å². The van der Waals surface area contributed by atoms with E-state index in [9.17, 15) is 4.79 Å². The first-order chi connectivity index (χ1) is 8.80. The fourth-order valence-electron chi connectivity index (χ4n) is 2.24. The normalized spacial score (nSPS) is 11.6. The smallest absolute Gasteiger partial charge is 0.263 e. The van der Waals surface area contributed by atoms with Crippen LogP contribution >= 0.6 is 0 Å². The van der Waals surface area contributed by atoms with E-state index in [2.05, 4.69) is 37.9 Å². The topological polar surface area (TPSA) is 34.9 Å². The lowest BCUT2D eigenvalue weighted by Crippen LogP contribution is -2.17. The maximum atomic E-state index is 12.4. The molecule has 0 saturated heterocycles. The van der Waals surface area contributed by atoms with Crippen molar-refractivity contribution in [2.45, 2.75) is 40.0 Å². The van der Waals surface area contributed by atoms with Crippen LogP contribution in [0.4, 0.5) is 0 Å². The van der Waals surface area contributed by atoms with Gasteiger partial charge in [0.1, 0.15) is 6.33 Å². The van der Waals surface area contributed by atoms with E-state index in [1.165, 1.54) is 10.1 Å². The fourth-order valence-corrected chi connectivity index (χ4v) is 2.24. The third-order valence-corrected chi connectivity index (χ3v) is 3.35. The molecule has 0 aliphatic rings. The number of carbonyl (C=O) groups excluding carboxylic acids is 1. The maximum Gasteiger partial charge on any atom is 0.263 e. The largest absolute Gasteiger partial charge is 0.272 e. The monoisotopic (exact) mass is 256 g/mol. The number of carbonyl (C=O) groups is 1. The van der Waals surface area contributed by atoms with Crippen molar-refractivity contribution in [3.8, 4) is 0 Å². The Kier molecular flexibility index (Phi) is 3.31. The second kappa shape index (κ2) is 4.65. The molecule has 0 fully saturated rings. The third kappa shape index (κ3) is 2.60. The average Bonchev–Trinajstić information content (AvgIpc) is 2.79. The minimum Gasteiger partial charge on any atom is -0.272 e. The molecular formula is C16H20N2O. The Labute approximate surface area is 114 Å². The first-order valence-electron chi connectivity index (χ1n) is 6.45. The van der Waals surface area contributed by atoms with Crippen LogP contribution in [0.2, 0.25) is 0 Å². The molecule has 19 heavy (non-hydrogen) atoms. The van der Waals surface area contributed by atoms with E-state index in [1.807, 2.05) is 13.8 Å². The van der Waals surface area contributed by atoms with E-state index >= 15 is 0 Å². The first-order valence-corrected chi connectivity index (χ1v) is 6.45. The zero-order valence-electron chi connectivity index (χ0n) is 12.2. The van der Waals surface area contributed by atoms with Gasteiger partial charge in [0.2, 0.25) is 0 Å². The van der Waals surface area contributed by atoms with Gasteiger partial charge < -0.3 is 0 Å². The van der Waals surface area contributed by atoms with Gasteiger partial charge in [-0.1, -0.05) is 32.9 Å². The number of nitrogens with zero attached hydrogens (tertiary/aromatic N) is 2. The van der Waals surface area contributed by atoms with Crippen LogP contribution in [0, 0.1) is 13.8 Å². The lowest BCUT2D eigenvalue weighted by Gasteiger charge is -2.22. The van der Waals surface area contributed by atoms with Gasteiger partial charge in [-0.3, -0.25) is 9.36 Å². The van der Waals surface area contributed by atoms with Crippen LogP contribution in [-0.2, 0) is 5.41 Å². The number of rotatable bonds is 1. The number of aryl methyl sites for hydroxylation is 2. The predicted octanol–water partition coefficient (Wildman–Crippen LogP) is 3.49. The number of imidazole rings is 1. The molecule has 0 unspecified atom stereocenters. The lowest BCUT2D eigenvalue weighted by molar-refractivity contribution is 0.0958. The number of hydrogen-bond donors (Lipinski definition) is 0. The molecule has 0 saturated carbocycles. The summed E-state index contributed by atoms with van der Waals surface area (Å²) in [7, 11) is 0. The Balaban J connectivity index is 2.52. The first kappa shape index (κ1) is 13.5. The van der Waals surface area contributed by atoms with E-state index in [0.29, 0.717) is 0 Å². The minimum atomic E-state index is -0.0204. The van der Waals surface area contributed by atoms with Gasteiger partial charge in [-0.25, -0.2) is 4.98 Å². The molecule has 0 amide bonds. The molecule has 0 aliphatic heterocycles. The van der Waals surface area contributed by atoms with Crippen molar-refractivity contribution in [2.75, 3.05) is 0 Å².